The smallest absolute Gasteiger partial charge is 0.170 e. The molecule has 0 aromatic heterocycles. The van der Waals surface area contributed by atoms with Gasteiger partial charge in [-0.3, -0.25) is 4.90 Å². The maximum absolute atomic E-state index is 5.97. The summed E-state index contributed by atoms with van der Waals surface area (Å²) in [5.41, 5.74) is 0. The van der Waals surface area contributed by atoms with Gasteiger partial charge in [-0.25, -0.2) is 0 Å². The van der Waals surface area contributed by atoms with E-state index < -0.39 is 0 Å². The first-order chi connectivity index (χ1) is 11.7. The van der Waals surface area contributed by atoms with Crippen molar-refractivity contribution in [1.29, 1.82) is 0 Å². The van der Waals surface area contributed by atoms with E-state index in [4.69, 9.17) is 14.2 Å². The van der Waals surface area contributed by atoms with E-state index in [0.29, 0.717) is 0 Å². The van der Waals surface area contributed by atoms with Crippen molar-refractivity contribution in [3.8, 4) is 0 Å². The van der Waals surface area contributed by atoms with Crippen LogP contribution >= 0.6 is 0 Å². The first-order valence-electron chi connectivity index (χ1n) is 10.3. The van der Waals surface area contributed by atoms with Crippen molar-refractivity contribution in [2.45, 2.75) is 77.0 Å². The highest BCUT2D eigenvalue weighted by molar-refractivity contribution is 4.86. The van der Waals surface area contributed by atoms with E-state index in [1.54, 1.807) is 0 Å². The van der Waals surface area contributed by atoms with Gasteiger partial charge in [-0.1, -0.05) is 0 Å². The summed E-state index contributed by atoms with van der Waals surface area (Å²) >= 11 is 0. The maximum atomic E-state index is 5.97. The molecular formula is C20H37NO3. The van der Waals surface area contributed by atoms with Gasteiger partial charge in [0, 0.05) is 58.4 Å². The Hall–Kier alpha value is -0.160. The van der Waals surface area contributed by atoms with Gasteiger partial charge >= 0.3 is 0 Å². The highest BCUT2D eigenvalue weighted by atomic mass is 16.7. The Bertz CT molecular complexity index is 348. The Kier molecular flexibility index (Phi) is 6.97. The minimum absolute atomic E-state index is 0.312. The fourth-order valence-electron chi connectivity index (χ4n) is 4.45. The Labute approximate surface area is 148 Å². The molecule has 24 heavy (non-hydrogen) atoms. The van der Waals surface area contributed by atoms with Gasteiger partial charge in [0.05, 0.1) is 0 Å². The maximum Gasteiger partial charge on any atom is 0.170 e. The molecule has 0 atom stereocenters. The Morgan fingerprint density at radius 1 is 0.792 bits per heavy atom. The molecule has 0 bridgehead atoms. The molecule has 0 unspecified atom stereocenters. The number of hydrogen-bond acceptors (Lipinski definition) is 4. The average molecular weight is 340 g/mol. The molecule has 0 amide bonds. The fourth-order valence-corrected chi connectivity index (χ4v) is 4.45. The third kappa shape index (κ3) is 5.17. The molecule has 3 rings (SSSR count). The first-order valence-corrected chi connectivity index (χ1v) is 10.3. The zero-order valence-electron chi connectivity index (χ0n) is 15.8. The van der Waals surface area contributed by atoms with E-state index in [1.807, 2.05) is 0 Å². The minimum Gasteiger partial charge on any atom is -0.381 e. The summed E-state index contributed by atoms with van der Waals surface area (Å²) in [6, 6.07) is 0.769. The normalized spacial score (nSPS) is 31.2. The molecule has 2 aliphatic carbocycles. The summed E-state index contributed by atoms with van der Waals surface area (Å²) in [5, 5.41) is 0. The molecule has 1 saturated heterocycles. The summed E-state index contributed by atoms with van der Waals surface area (Å²) in [6.45, 7) is 9.88. The van der Waals surface area contributed by atoms with Crippen LogP contribution in [0.4, 0.5) is 0 Å². The van der Waals surface area contributed by atoms with Crippen molar-refractivity contribution in [3.63, 3.8) is 0 Å². The van der Waals surface area contributed by atoms with Crippen molar-refractivity contribution in [3.05, 3.63) is 0 Å². The molecular weight excluding hydrogens is 302 g/mol. The van der Waals surface area contributed by atoms with Gasteiger partial charge < -0.3 is 14.2 Å². The molecule has 1 aliphatic heterocycles. The second-order valence-electron chi connectivity index (χ2n) is 7.97. The highest BCUT2D eigenvalue weighted by Crippen LogP contribution is 2.34. The van der Waals surface area contributed by atoms with Crippen LogP contribution in [0.5, 0.6) is 0 Å². The van der Waals surface area contributed by atoms with Crippen LogP contribution < -0.4 is 0 Å². The fraction of sp³-hybridized carbons (Fsp3) is 1.00. The molecule has 0 spiro atoms. The Morgan fingerprint density at radius 2 is 1.29 bits per heavy atom. The summed E-state index contributed by atoms with van der Waals surface area (Å²) in [5.74, 6) is 1.38. The van der Waals surface area contributed by atoms with E-state index >= 15 is 0 Å². The quantitative estimate of drug-likeness (QED) is 0.597. The summed E-state index contributed by atoms with van der Waals surface area (Å²) in [7, 11) is 0. The van der Waals surface area contributed by atoms with Crippen molar-refractivity contribution in [2.24, 2.45) is 11.8 Å². The van der Waals surface area contributed by atoms with Crippen molar-refractivity contribution < 1.29 is 14.2 Å². The van der Waals surface area contributed by atoms with Gasteiger partial charge in [-0.05, 0) is 64.2 Å². The molecule has 1 heterocycles. The van der Waals surface area contributed by atoms with Crippen molar-refractivity contribution in [1.82, 2.24) is 4.90 Å². The molecule has 3 aliphatic rings. The predicted octanol–water partition coefficient (Wildman–Crippen LogP) is 3.84. The molecule has 0 N–H and O–H groups in total. The molecule has 2 saturated carbocycles. The Morgan fingerprint density at radius 3 is 1.75 bits per heavy atom. The van der Waals surface area contributed by atoms with E-state index in [2.05, 4.69) is 18.7 Å². The van der Waals surface area contributed by atoms with E-state index in [1.165, 1.54) is 38.5 Å². The van der Waals surface area contributed by atoms with Crippen molar-refractivity contribution in [2.75, 3.05) is 39.5 Å². The van der Waals surface area contributed by atoms with Gasteiger partial charge in [0.25, 0.3) is 0 Å². The third-order valence-corrected chi connectivity index (χ3v) is 6.11. The molecule has 140 valence electrons. The Balaban J connectivity index is 1.36. The largest absolute Gasteiger partial charge is 0.381 e. The number of nitrogens with zero attached hydrogens (tertiary/aromatic N) is 1. The van der Waals surface area contributed by atoms with Crippen LogP contribution in [0.2, 0.25) is 0 Å². The SMILES string of the molecule is CCOC1(OCC)CCN([C@H]2CC[C@H](COCC3CC3)CC2)CC1. The summed E-state index contributed by atoms with van der Waals surface area (Å²) in [6.07, 6.45) is 10.2. The standard InChI is InChI=1S/C20H37NO3/c1-3-23-20(24-4-2)11-13-21(14-12-20)19-9-7-18(8-10-19)16-22-15-17-5-6-17/h17-19H,3-16H2,1-2H3/t18-,19-. The molecule has 0 aromatic carbocycles. The molecule has 3 fully saturated rings. The van der Waals surface area contributed by atoms with E-state index in [0.717, 1.165) is 70.2 Å². The summed E-state index contributed by atoms with van der Waals surface area (Å²) < 4.78 is 17.8. The third-order valence-electron chi connectivity index (χ3n) is 6.11. The van der Waals surface area contributed by atoms with Crippen LogP contribution in [-0.2, 0) is 14.2 Å². The van der Waals surface area contributed by atoms with Crippen LogP contribution in [0.25, 0.3) is 0 Å². The number of ether oxygens (including phenoxy) is 3. The van der Waals surface area contributed by atoms with Gasteiger partial charge in [-0.2, -0.15) is 0 Å². The van der Waals surface area contributed by atoms with Crippen LogP contribution in [0, 0.1) is 11.8 Å². The van der Waals surface area contributed by atoms with Crippen LogP contribution in [0.3, 0.4) is 0 Å². The van der Waals surface area contributed by atoms with Crippen LogP contribution in [0.1, 0.15) is 65.2 Å². The van der Waals surface area contributed by atoms with Gasteiger partial charge in [0.1, 0.15) is 0 Å². The lowest BCUT2D eigenvalue weighted by molar-refractivity contribution is -0.255. The average Bonchev–Trinajstić information content (AvgIpc) is 3.41. The lowest BCUT2D eigenvalue weighted by Gasteiger charge is -2.45. The molecule has 0 radical (unpaired) electrons. The van der Waals surface area contributed by atoms with E-state index in [9.17, 15) is 0 Å². The number of likely N-dealkylation sites (tertiary alicyclic amines) is 1. The predicted molar refractivity (Wildman–Crippen MR) is 96.1 cm³/mol. The zero-order chi connectivity index (χ0) is 16.8. The van der Waals surface area contributed by atoms with E-state index in [-0.39, 0.29) is 5.79 Å². The monoisotopic (exact) mass is 339 g/mol. The van der Waals surface area contributed by atoms with Gasteiger partial charge in [-0.15, -0.1) is 0 Å². The molecule has 4 nitrogen and oxygen atoms in total. The summed E-state index contributed by atoms with van der Waals surface area (Å²) in [4.78, 5) is 2.69. The lowest BCUT2D eigenvalue weighted by atomic mass is 9.85. The van der Waals surface area contributed by atoms with Crippen LogP contribution in [0.15, 0.2) is 0 Å². The highest BCUT2D eigenvalue weighted by Gasteiger charge is 2.38. The number of hydrogen-bond donors (Lipinski definition) is 0. The lowest BCUT2D eigenvalue weighted by Crippen LogP contribution is -2.51. The second kappa shape index (κ2) is 8.98. The second-order valence-corrected chi connectivity index (χ2v) is 7.97. The molecule has 4 heteroatoms. The minimum atomic E-state index is -0.312. The van der Waals surface area contributed by atoms with Crippen LogP contribution in [-0.4, -0.2) is 56.2 Å². The van der Waals surface area contributed by atoms with Gasteiger partial charge in [0.15, 0.2) is 5.79 Å². The van der Waals surface area contributed by atoms with Gasteiger partial charge in [0.2, 0.25) is 0 Å². The molecule has 0 aromatic rings. The first kappa shape index (κ1) is 18.6. The topological polar surface area (TPSA) is 30.9 Å². The van der Waals surface area contributed by atoms with Crippen molar-refractivity contribution >= 4 is 0 Å². The number of piperidine rings is 1. The zero-order valence-corrected chi connectivity index (χ0v) is 15.8. The number of rotatable bonds is 9.